The van der Waals surface area contributed by atoms with E-state index in [2.05, 4.69) is 31.0 Å². The standard InChI is InChI=1S/C33H30N8O8S2/c1-3-40-30(19-10-11-45-14-19)36-38-32(40)50-16-26(43)34-21-8-9-24(23(42)13-21)49-28-12-20(15-46-28)31-37-39-33(41(31)4-2)51-17-27(44)35-22-6-5-7-25-29(22)48-18-47-25/h5-15,42H,3-4,16-18H2,1-2H3,(H,34,43)(H,35,44). The lowest BCUT2D eigenvalue weighted by Crippen LogP contribution is -2.15. The van der Waals surface area contributed by atoms with Gasteiger partial charge >= 0.3 is 0 Å². The zero-order chi connectivity index (χ0) is 35.3. The number of amides is 2. The molecule has 51 heavy (non-hydrogen) atoms. The molecule has 7 rings (SSSR count). The number of nitrogens with one attached hydrogen (secondary N) is 2. The molecular formula is C33H30N8O8S2. The molecule has 3 N–H and O–H groups in total. The molecule has 0 fully saturated rings. The van der Waals surface area contributed by atoms with Gasteiger partial charge in [0.1, 0.15) is 12.5 Å². The molecule has 0 atom stereocenters. The first-order valence-corrected chi connectivity index (χ1v) is 17.6. The molecule has 1 aliphatic heterocycles. The molecule has 0 saturated carbocycles. The van der Waals surface area contributed by atoms with Gasteiger partial charge in [-0.15, -0.1) is 20.4 Å². The molecule has 6 aromatic rings. The van der Waals surface area contributed by atoms with E-state index in [0.717, 1.165) is 5.56 Å². The van der Waals surface area contributed by atoms with Gasteiger partial charge < -0.3 is 47.9 Å². The number of ether oxygens (including phenoxy) is 3. The quantitative estimate of drug-likeness (QED) is 0.109. The summed E-state index contributed by atoms with van der Waals surface area (Å²) in [6.45, 7) is 5.16. The number of carbonyl (C=O) groups is 2. The summed E-state index contributed by atoms with van der Waals surface area (Å²) in [4.78, 5) is 25.4. The maximum Gasteiger partial charge on any atom is 0.290 e. The molecule has 5 heterocycles. The third kappa shape index (κ3) is 7.36. The highest BCUT2D eigenvalue weighted by molar-refractivity contribution is 8.00. The minimum absolute atomic E-state index is 0.0774. The smallest absolute Gasteiger partial charge is 0.290 e. The van der Waals surface area contributed by atoms with Crippen LogP contribution in [0.2, 0.25) is 0 Å². The number of nitrogens with zero attached hydrogens (tertiary/aromatic N) is 6. The Hall–Kier alpha value is -5.88. The predicted octanol–water partition coefficient (Wildman–Crippen LogP) is 6.12. The van der Waals surface area contributed by atoms with Crippen LogP contribution >= 0.6 is 23.5 Å². The molecule has 0 bridgehead atoms. The molecule has 1 aliphatic rings. The summed E-state index contributed by atoms with van der Waals surface area (Å²) in [5.74, 6) is 1.91. The number of fused-ring (bicyclic) bond motifs is 1. The van der Waals surface area contributed by atoms with Crippen molar-refractivity contribution >= 4 is 46.7 Å². The molecule has 0 spiro atoms. The van der Waals surface area contributed by atoms with E-state index in [1.807, 2.05) is 23.0 Å². The molecule has 4 aromatic heterocycles. The Kier molecular flexibility index (Phi) is 9.84. The Bertz CT molecular complexity index is 2180. The second-order valence-electron chi connectivity index (χ2n) is 10.8. The molecule has 16 nitrogen and oxygen atoms in total. The highest BCUT2D eigenvalue weighted by Crippen LogP contribution is 2.39. The molecule has 262 valence electrons. The van der Waals surface area contributed by atoms with E-state index < -0.39 is 0 Å². The second kappa shape index (κ2) is 14.9. The molecule has 0 unspecified atom stereocenters. The summed E-state index contributed by atoms with van der Waals surface area (Å²) in [6.07, 6.45) is 4.62. The molecule has 0 radical (unpaired) electrons. The SMILES string of the molecule is CCn1c(SCC(=O)Nc2ccc(Oc3cc(-c4nnc(SCC(=O)Nc5cccc6c5OCO6)n4CC)co3)c(O)c2)nnc1-c1ccoc1. The number of aromatic nitrogens is 6. The summed E-state index contributed by atoms with van der Waals surface area (Å²) in [7, 11) is 0. The van der Waals surface area contributed by atoms with Crippen molar-refractivity contribution in [3.8, 4) is 51.7 Å². The number of phenolic OH excluding ortho intramolecular Hbond substituents is 1. The summed E-state index contributed by atoms with van der Waals surface area (Å²) in [5, 5.41) is 34.4. The van der Waals surface area contributed by atoms with Crippen molar-refractivity contribution in [2.24, 2.45) is 0 Å². The van der Waals surface area contributed by atoms with Gasteiger partial charge in [-0.25, -0.2) is 0 Å². The Labute approximate surface area is 298 Å². The first-order valence-electron chi connectivity index (χ1n) is 15.6. The van der Waals surface area contributed by atoms with Crippen molar-refractivity contribution in [2.75, 3.05) is 28.9 Å². The maximum absolute atomic E-state index is 12.7. The van der Waals surface area contributed by atoms with Crippen molar-refractivity contribution in [1.82, 2.24) is 29.5 Å². The van der Waals surface area contributed by atoms with Gasteiger partial charge in [-0.2, -0.15) is 0 Å². The van der Waals surface area contributed by atoms with Gasteiger partial charge in [-0.1, -0.05) is 29.6 Å². The second-order valence-corrected chi connectivity index (χ2v) is 12.6. The number of rotatable bonds is 14. The largest absolute Gasteiger partial charge is 0.504 e. The number of anilines is 2. The van der Waals surface area contributed by atoms with Crippen LogP contribution in [-0.2, 0) is 22.7 Å². The highest BCUT2D eigenvalue weighted by atomic mass is 32.2. The fourth-order valence-electron chi connectivity index (χ4n) is 5.13. The van der Waals surface area contributed by atoms with Crippen LogP contribution in [0.1, 0.15) is 13.8 Å². The first kappa shape index (κ1) is 33.6. The minimum Gasteiger partial charge on any atom is -0.504 e. The average molecular weight is 731 g/mol. The molecule has 0 saturated heterocycles. The lowest BCUT2D eigenvalue weighted by atomic mass is 10.2. The van der Waals surface area contributed by atoms with E-state index in [4.69, 9.17) is 23.0 Å². The van der Waals surface area contributed by atoms with Gasteiger partial charge in [-0.3, -0.25) is 9.59 Å². The minimum atomic E-state index is -0.290. The number of hydrogen-bond donors (Lipinski definition) is 3. The van der Waals surface area contributed by atoms with Gasteiger partial charge in [0.2, 0.25) is 18.6 Å². The third-order valence-corrected chi connectivity index (χ3v) is 9.40. The summed E-state index contributed by atoms with van der Waals surface area (Å²) >= 11 is 2.48. The van der Waals surface area contributed by atoms with Gasteiger partial charge in [0, 0.05) is 30.9 Å². The number of carbonyl (C=O) groups excluding carboxylic acids is 2. The van der Waals surface area contributed by atoms with Crippen molar-refractivity contribution in [3.63, 3.8) is 0 Å². The fraction of sp³-hybridized carbons (Fsp3) is 0.212. The lowest BCUT2D eigenvalue weighted by molar-refractivity contribution is -0.114. The number of aromatic hydroxyl groups is 1. The number of phenols is 1. The van der Waals surface area contributed by atoms with Gasteiger partial charge in [-0.05, 0) is 44.2 Å². The van der Waals surface area contributed by atoms with E-state index in [-0.39, 0.29) is 47.6 Å². The maximum atomic E-state index is 12.7. The van der Waals surface area contributed by atoms with Crippen LogP contribution in [0.3, 0.4) is 0 Å². The van der Waals surface area contributed by atoms with Gasteiger partial charge in [0.25, 0.3) is 5.95 Å². The highest BCUT2D eigenvalue weighted by Gasteiger charge is 2.21. The zero-order valence-electron chi connectivity index (χ0n) is 27.2. The molecule has 2 amide bonds. The Balaban J connectivity index is 0.934. The molecule has 2 aromatic carbocycles. The van der Waals surface area contributed by atoms with Crippen molar-refractivity contribution in [3.05, 3.63) is 67.3 Å². The summed E-state index contributed by atoms with van der Waals surface area (Å²) in [5.41, 5.74) is 2.31. The summed E-state index contributed by atoms with van der Waals surface area (Å²) < 4.78 is 31.1. The van der Waals surface area contributed by atoms with Crippen molar-refractivity contribution in [1.29, 1.82) is 0 Å². The van der Waals surface area contributed by atoms with Crippen LogP contribution in [-0.4, -0.2) is 64.7 Å². The van der Waals surface area contributed by atoms with Crippen LogP contribution in [0.25, 0.3) is 22.8 Å². The van der Waals surface area contributed by atoms with Crippen LogP contribution in [0.5, 0.6) is 28.9 Å². The van der Waals surface area contributed by atoms with Gasteiger partial charge in [0.15, 0.2) is 45.0 Å². The van der Waals surface area contributed by atoms with E-state index in [0.29, 0.717) is 63.5 Å². The molecular weight excluding hydrogens is 701 g/mol. The fourth-order valence-corrected chi connectivity index (χ4v) is 6.73. The number of furan rings is 2. The normalized spacial score (nSPS) is 11.9. The Morgan fingerprint density at radius 1 is 0.863 bits per heavy atom. The van der Waals surface area contributed by atoms with E-state index in [1.54, 1.807) is 48.9 Å². The van der Waals surface area contributed by atoms with Crippen molar-refractivity contribution < 1.29 is 37.7 Å². The lowest BCUT2D eigenvalue weighted by Gasteiger charge is -2.09. The average Bonchev–Trinajstić information content (AvgIpc) is 3.97. The van der Waals surface area contributed by atoms with Crippen LogP contribution in [0, 0.1) is 0 Å². The van der Waals surface area contributed by atoms with E-state index in [1.165, 1.54) is 41.9 Å². The molecule has 18 heteroatoms. The zero-order valence-corrected chi connectivity index (χ0v) is 28.8. The van der Waals surface area contributed by atoms with Gasteiger partial charge in [0.05, 0.1) is 34.6 Å². The Morgan fingerprint density at radius 3 is 2.27 bits per heavy atom. The van der Waals surface area contributed by atoms with E-state index >= 15 is 0 Å². The number of benzene rings is 2. The monoisotopic (exact) mass is 730 g/mol. The third-order valence-electron chi connectivity index (χ3n) is 7.47. The number of hydrogen-bond acceptors (Lipinski definition) is 14. The van der Waals surface area contributed by atoms with E-state index in [9.17, 15) is 14.7 Å². The Morgan fingerprint density at radius 2 is 1.59 bits per heavy atom. The summed E-state index contributed by atoms with van der Waals surface area (Å²) in [6, 6.07) is 13.2. The van der Waals surface area contributed by atoms with Crippen LogP contribution < -0.4 is 24.8 Å². The van der Waals surface area contributed by atoms with Crippen molar-refractivity contribution in [2.45, 2.75) is 37.2 Å². The molecule has 0 aliphatic carbocycles. The predicted molar refractivity (Wildman–Crippen MR) is 186 cm³/mol. The first-order chi connectivity index (χ1) is 24.9. The number of para-hydroxylation sites is 1. The topological polar surface area (TPSA) is 194 Å². The van der Waals surface area contributed by atoms with Crippen LogP contribution in [0.4, 0.5) is 11.4 Å². The van der Waals surface area contributed by atoms with Crippen LogP contribution in [0.15, 0.2) is 86.5 Å². The number of thioether (sulfide) groups is 2.